The smallest absolute Gasteiger partial charge is 0.410 e. The predicted octanol–water partition coefficient (Wildman–Crippen LogP) is 1.29. The summed E-state index contributed by atoms with van der Waals surface area (Å²) < 4.78 is 4.92. The van der Waals surface area contributed by atoms with Gasteiger partial charge in [-0.15, -0.1) is 0 Å². The summed E-state index contributed by atoms with van der Waals surface area (Å²) in [6.45, 7) is 2.90. The first-order valence-corrected chi connectivity index (χ1v) is 5.74. The van der Waals surface area contributed by atoms with Crippen LogP contribution in [0.2, 0.25) is 0 Å². The third-order valence-corrected chi connectivity index (χ3v) is 2.90. The van der Waals surface area contributed by atoms with Crippen LogP contribution in [0.3, 0.4) is 0 Å². The summed E-state index contributed by atoms with van der Waals surface area (Å²) in [5.41, 5.74) is 1.75. The molecule has 0 fully saturated rings. The van der Waals surface area contributed by atoms with E-state index in [1.165, 1.54) is 6.20 Å². The molecule has 1 amide bonds. The molecule has 0 aromatic carbocycles. The molecule has 0 unspecified atom stereocenters. The Hall–Kier alpha value is -2.11. The van der Waals surface area contributed by atoms with E-state index >= 15 is 0 Å². The van der Waals surface area contributed by atoms with Gasteiger partial charge in [-0.25, -0.2) is 9.59 Å². The van der Waals surface area contributed by atoms with Crippen LogP contribution in [0.1, 0.15) is 28.4 Å². The molecule has 2 rings (SSSR count). The number of amides is 1. The van der Waals surface area contributed by atoms with Gasteiger partial charge in [-0.1, -0.05) is 0 Å². The van der Waals surface area contributed by atoms with E-state index in [4.69, 9.17) is 9.84 Å². The number of pyridine rings is 1. The second-order valence-electron chi connectivity index (χ2n) is 4.00. The van der Waals surface area contributed by atoms with Gasteiger partial charge in [-0.2, -0.15) is 0 Å². The Labute approximate surface area is 104 Å². The van der Waals surface area contributed by atoms with E-state index in [0.29, 0.717) is 26.1 Å². The number of carboxylic acids is 1. The standard InChI is InChI=1S/C12H14N2O4/c1-2-18-12(17)14-4-3-9-8(7-14)5-13-6-10(9)11(15)16/h5-6H,2-4,7H2,1H3,(H,15,16). The van der Waals surface area contributed by atoms with Crippen molar-refractivity contribution in [1.82, 2.24) is 9.88 Å². The SMILES string of the molecule is CCOC(=O)N1CCc2c(cncc2C(=O)O)C1. The van der Waals surface area contributed by atoms with Crippen LogP contribution in [-0.2, 0) is 17.7 Å². The average Bonchev–Trinajstić information content (AvgIpc) is 2.37. The van der Waals surface area contributed by atoms with Gasteiger partial charge in [-0.3, -0.25) is 4.98 Å². The van der Waals surface area contributed by atoms with E-state index in [0.717, 1.165) is 11.1 Å². The highest BCUT2D eigenvalue weighted by molar-refractivity contribution is 5.89. The fourth-order valence-corrected chi connectivity index (χ4v) is 2.05. The van der Waals surface area contributed by atoms with E-state index in [1.54, 1.807) is 18.0 Å². The van der Waals surface area contributed by atoms with Gasteiger partial charge in [-0.05, 0) is 24.5 Å². The molecule has 0 aliphatic carbocycles. The average molecular weight is 250 g/mol. The predicted molar refractivity (Wildman–Crippen MR) is 62.3 cm³/mol. The summed E-state index contributed by atoms with van der Waals surface area (Å²) >= 11 is 0. The Bertz CT molecular complexity index is 487. The van der Waals surface area contributed by atoms with Crippen LogP contribution >= 0.6 is 0 Å². The second-order valence-corrected chi connectivity index (χ2v) is 4.00. The summed E-state index contributed by atoms with van der Waals surface area (Å²) in [5.74, 6) is -0.982. The molecule has 1 aliphatic rings. The van der Waals surface area contributed by atoms with E-state index in [-0.39, 0.29) is 11.7 Å². The van der Waals surface area contributed by atoms with Crippen LogP contribution in [0, 0.1) is 0 Å². The Balaban J connectivity index is 2.23. The summed E-state index contributed by atoms with van der Waals surface area (Å²) in [4.78, 5) is 28.1. The molecule has 0 atom stereocenters. The van der Waals surface area contributed by atoms with Crippen molar-refractivity contribution in [2.45, 2.75) is 19.9 Å². The summed E-state index contributed by atoms with van der Waals surface area (Å²) in [5, 5.41) is 9.05. The molecule has 18 heavy (non-hydrogen) atoms. The molecule has 6 heteroatoms. The van der Waals surface area contributed by atoms with Crippen LogP contribution in [0.4, 0.5) is 4.79 Å². The van der Waals surface area contributed by atoms with Crippen molar-refractivity contribution in [3.05, 3.63) is 29.1 Å². The third kappa shape index (κ3) is 2.27. The molecule has 1 N–H and O–H groups in total. The number of aromatic nitrogens is 1. The van der Waals surface area contributed by atoms with E-state index < -0.39 is 5.97 Å². The largest absolute Gasteiger partial charge is 0.478 e. The molecule has 2 heterocycles. The number of ether oxygens (including phenoxy) is 1. The highest BCUT2D eigenvalue weighted by Gasteiger charge is 2.25. The molecule has 1 aliphatic heterocycles. The minimum absolute atomic E-state index is 0.219. The Kier molecular flexibility index (Phi) is 3.45. The van der Waals surface area contributed by atoms with E-state index in [2.05, 4.69) is 4.98 Å². The van der Waals surface area contributed by atoms with Crippen molar-refractivity contribution >= 4 is 12.1 Å². The summed E-state index contributed by atoms with van der Waals surface area (Å²) in [6, 6.07) is 0. The van der Waals surface area contributed by atoms with Gasteiger partial charge in [0.2, 0.25) is 0 Å². The van der Waals surface area contributed by atoms with Gasteiger partial charge in [0.25, 0.3) is 0 Å². The number of fused-ring (bicyclic) bond motifs is 1. The Morgan fingerprint density at radius 3 is 2.94 bits per heavy atom. The van der Waals surface area contributed by atoms with Crippen molar-refractivity contribution in [2.75, 3.05) is 13.2 Å². The first kappa shape index (κ1) is 12.3. The molecule has 0 saturated carbocycles. The number of rotatable bonds is 2. The molecule has 6 nitrogen and oxygen atoms in total. The lowest BCUT2D eigenvalue weighted by molar-refractivity contribution is 0.0694. The van der Waals surface area contributed by atoms with Crippen LogP contribution in [0.15, 0.2) is 12.4 Å². The lowest BCUT2D eigenvalue weighted by Gasteiger charge is -2.28. The maximum absolute atomic E-state index is 11.6. The number of carboxylic acid groups (broad SMARTS) is 1. The molecule has 0 saturated heterocycles. The lowest BCUT2D eigenvalue weighted by Crippen LogP contribution is -2.37. The molecular formula is C12H14N2O4. The van der Waals surface area contributed by atoms with Gasteiger partial charge in [0, 0.05) is 18.9 Å². The third-order valence-electron chi connectivity index (χ3n) is 2.90. The van der Waals surface area contributed by atoms with Crippen LogP contribution < -0.4 is 0 Å². The maximum atomic E-state index is 11.6. The zero-order chi connectivity index (χ0) is 13.1. The van der Waals surface area contributed by atoms with Crippen LogP contribution in [-0.4, -0.2) is 40.2 Å². The molecule has 0 spiro atoms. The van der Waals surface area contributed by atoms with Gasteiger partial charge in [0.15, 0.2) is 0 Å². The highest BCUT2D eigenvalue weighted by atomic mass is 16.6. The molecule has 96 valence electrons. The maximum Gasteiger partial charge on any atom is 0.410 e. The van der Waals surface area contributed by atoms with Gasteiger partial charge in [0.05, 0.1) is 18.7 Å². The second kappa shape index (κ2) is 5.03. The zero-order valence-corrected chi connectivity index (χ0v) is 10.0. The van der Waals surface area contributed by atoms with Crippen LogP contribution in [0.25, 0.3) is 0 Å². The van der Waals surface area contributed by atoms with Crippen molar-refractivity contribution in [3.63, 3.8) is 0 Å². The van der Waals surface area contributed by atoms with Crippen molar-refractivity contribution in [1.29, 1.82) is 0 Å². The minimum atomic E-state index is -0.982. The van der Waals surface area contributed by atoms with Crippen molar-refractivity contribution < 1.29 is 19.4 Å². The molecule has 0 radical (unpaired) electrons. The quantitative estimate of drug-likeness (QED) is 0.855. The molecule has 1 aromatic heterocycles. The first-order chi connectivity index (χ1) is 8.63. The molecule has 0 bridgehead atoms. The van der Waals surface area contributed by atoms with E-state index in [1.807, 2.05) is 0 Å². The highest BCUT2D eigenvalue weighted by Crippen LogP contribution is 2.22. The fourth-order valence-electron chi connectivity index (χ4n) is 2.05. The number of carbonyl (C=O) groups excluding carboxylic acids is 1. The van der Waals surface area contributed by atoms with Gasteiger partial charge < -0.3 is 14.7 Å². The number of hydrogen-bond acceptors (Lipinski definition) is 4. The molecule has 1 aromatic rings. The summed E-state index contributed by atoms with van der Waals surface area (Å²) in [7, 11) is 0. The first-order valence-electron chi connectivity index (χ1n) is 5.74. The topological polar surface area (TPSA) is 79.7 Å². The minimum Gasteiger partial charge on any atom is -0.478 e. The monoisotopic (exact) mass is 250 g/mol. The fraction of sp³-hybridized carbons (Fsp3) is 0.417. The number of carbonyl (C=O) groups is 2. The van der Waals surface area contributed by atoms with Gasteiger partial charge in [0.1, 0.15) is 0 Å². The zero-order valence-electron chi connectivity index (χ0n) is 10.0. The Morgan fingerprint density at radius 1 is 1.50 bits per heavy atom. The summed E-state index contributed by atoms with van der Waals surface area (Å²) in [6.07, 6.45) is 3.09. The van der Waals surface area contributed by atoms with E-state index in [9.17, 15) is 9.59 Å². The normalized spacial score (nSPS) is 13.9. The van der Waals surface area contributed by atoms with Crippen molar-refractivity contribution in [2.24, 2.45) is 0 Å². The lowest BCUT2D eigenvalue weighted by atomic mass is 9.97. The number of hydrogen-bond donors (Lipinski definition) is 1. The van der Waals surface area contributed by atoms with Gasteiger partial charge >= 0.3 is 12.1 Å². The van der Waals surface area contributed by atoms with Crippen molar-refractivity contribution in [3.8, 4) is 0 Å². The van der Waals surface area contributed by atoms with Crippen LogP contribution in [0.5, 0.6) is 0 Å². The number of nitrogens with zero attached hydrogens (tertiary/aromatic N) is 2. The Morgan fingerprint density at radius 2 is 2.28 bits per heavy atom. The number of aromatic carboxylic acids is 1. The molecular weight excluding hydrogens is 236 g/mol.